The molecule has 0 saturated heterocycles. The molecule has 0 saturated carbocycles. The lowest BCUT2D eigenvalue weighted by molar-refractivity contribution is 0.127. The molecule has 0 aliphatic heterocycles. The molecule has 0 aliphatic rings. The molecule has 0 radical (unpaired) electrons. The summed E-state index contributed by atoms with van der Waals surface area (Å²) in [6.45, 7) is -0.0831. The average molecular weight is 384 g/mol. The minimum atomic E-state index is -4.20. The van der Waals surface area contributed by atoms with Crippen LogP contribution in [-0.2, 0) is 9.30 Å². The Kier molecular flexibility index (Phi) is 5.57. The van der Waals surface area contributed by atoms with E-state index in [1.165, 1.54) is 6.33 Å². The molecule has 1 unspecified atom stereocenters. The second-order valence-electron chi connectivity index (χ2n) is 5.39. The summed E-state index contributed by atoms with van der Waals surface area (Å²) >= 11 is 1.55. The van der Waals surface area contributed by atoms with Gasteiger partial charge < -0.3 is 24.2 Å². The Morgan fingerprint density at radius 1 is 1.32 bits per heavy atom. The third kappa shape index (κ3) is 4.30. The SMILES string of the molecule is O=P(O)(O)COCCC(CO)n1cnc2ncnc(-c3ccsc3)c21. The van der Waals surface area contributed by atoms with Gasteiger partial charge in [0.25, 0.3) is 0 Å². The maximum atomic E-state index is 10.8. The Morgan fingerprint density at radius 3 is 2.84 bits per heavy atom. The number of imidazole rings is 1. The smallest absolute Gasteiger partial charge is 0.350 e. The van der Waals surface area contributed by atoms with Crippen molar-refractivity contribution in [3.63, 3.8) is 0 Å². The van der Waals surface area contributed by atoms with Gasteiger partial charge >= 0.3 is 7.60 Å². The summed E-state index contributed by atoms with van der Waals surface area (Å²) in [5, 5.41) is 13.7. The van der Waals surface area contributed by atoms with Crippen LogP contribution < -0.4 is 0 Å². The lowest BCUT2D eigenvalue weighted by Crippen LogP contribution is -2.16. The number of hydrogen-bond donors (Lipinski definition) is 3. The van der Waals surface area contributed by atoms with Gasteiger partial charge in [-0.25, -0.2) is 15.0 Å². The van der Waals surface area contributed by atoms with E-state index >= 15 is 0 Å². The molecule has 3 aromatic heterocycles. The van der Waals surface area contributed by atoms with E-state index in [1.807, 2.05) is 16.8 Å². The molecule has 0 spiro atoms. The number of hydrogen-bond acceptors (Lipinski definition) is 7. The second-order valence-corrected chi connectivity index (χ2v) is 7.75. The van der Waals surface area contributed by atoms with Crippen LogP contribution in [0, 0.1) is 0 Å². The van der Waals surface area contributed by atoms with E-state index < -0.39 is 13.9 Å². The Hall–Kier alpha value is -1.68. The topological polar surface area (TPSA) is 131 Å². The van der Waals surface area contributed by atoms with Gasteiger partial charge in [0.05, 0.1) is 19.0 Å². The van der Waals surface area contributed by atoms with Crippen molar-refractivity contribution in [1.29, 1.82) is 0 Å². The van der Waals surface area contributed by atoms with E-state index in [-0.39, 0.29) is 19.3 Å². The fourth-order valence-corrected chi connectivity index (χ4v) is 3.49. The molecule has 1 atom stereocenters. The van der Waals surface area contributed by atoms with Gasteiger partial charge in [-0.05, 0) is 17.9 Å². The van der Waals surface area contributed by atoms with Crippen molar-refractivity contribution in [2.24, 2.45) is 0 Å². The lowest BCUT2D eigenvalue weighted by atomic mass is 10.2. The number of aliphatic hydroxyl groups is 1. The largest absolute Gasteiger partial charge is 0.394 e. The predicted molar refractivity (Wildman–Crippen MR) is 92.2 cm³/mol. The van der Waals surface area contributed by atoms with E-state index in [9.17, 15) is 9.67 Å². The normalized spacial score (nSPS) is 13.4. The highest BCUT2D eigenvalue weighted by Crippen LogP contribution is 2.34. The molecule has 0 bridgehead atoms. The summed E-state index contributed by atoms with van der Waals surface area (Å²) in [5.74, 6) is 0. The zero-order valence-electron chi connectivity index (χ0n) is 13.1. The third-order valence-corrected chi connectivity index (χ3v) is 4.82. The molecule has 3 heterocycles. The van der Waals surface area contributed by atoms with Crippen molar-refractivity contribution in [3.8, 4) is 11.3 Å². The molecule has 25 heavy (non-hydrogen) atoms. The molecule has 0 amide bonds. The first-order chi connectivity index (χ1) is 12.0. The summed E-state index contributed by atoms with van der Waals surface area (Å²) in [6, 6.07) is 1.58. The van der Waals surface area contributed by atoms with Crippen LogP contribution in [0.3, 0.4) is 0 Å². The molecule has 3 aromatic rings. The van der Waals surface area contributed by atoms with Gasteiger partial charge in [-0.2, -0.15) is 11.3 Å². The van der Waals surface area contributed by atoms with E-state index in [0.717, 1.165) is 11.3 Å². The van der Waals surface area contributed by atoms with Gasteiger partial charge in [-0.3, -0.25) is 4.57 Å². The maximum absolute atomic E-state index is 10.8. The van der Waals surface area contributed by atoms with Crippen molar-refractivity contribution in [3.05, 3.63) is 29.5 Å². The third-order valence-electron chi connectivity index (χ3n) is 3.62. The maximum Gasteiger partial charge on any atom is 0.350 e. The zero-order valence-corrected chi connectivity index (χ0v) is 14.8. The van der Waals surface area contributed by atoms with Crippen molar-refractivity contribution in [2.45, 2.75) is 12.5 Å². The summed E-state index contributed by atoms with van der Waals surface area (Å²) in [6.07, 6.45) is 2.75. The van der Waals surface area contributed by atoms with Gasteiger partial charge in [0.15, 0.2) is 5.65 Å². The number of aromatic nitrogens is 4. The highest BCUT2D eigenvalue weighted by atomic mass is 32.1. The van der Waals surface area contributed by atoms with Gasteiger partial charge in [0.1, 0.15) is 23.9 Å². The van der Waals surface area contributed by atoms with Crippen LogP contribution in [0.2, 0.25) is 0 Å². The second kappa shape index (κ2) is 7.69. The van der Waals surface area contributed by atoms with E-state index in [0.29, 0.717) is 17.6 Å². The van der Waals surface area contributed by atoms with E-state index in [4.69, 9.17) is 14.5 Å². The average Bonchev–Trinajstić information content (AvgIpc) is 3.23. The first kappa shape index (κ1) is 18.1. The van der Waals surface area contributed by atoms with Crippen LogP contribution in [0.15, 0.2) is 29.5 Å². The van der Waals surface area contributed by atoms with E-state index in [1.54, 1.807) is 22.2 Å². The quantitative estimate of drug-likeness (QED) is 0.395. The van der Waals surface area contributed by atoms with Gasteiger partial charge in [0.2, 0.25) is 0 Å². The molecular weight excluding hydrogens is 367 g/mol. The molecule has 11 heteroatoms. The van der Waals surface area contributed by atoms with Crippen molar-refractivity contribution in [2.75, 3.05) is 19.6 Å². The first-order valence-corrected chi connectivity index (χ1v) is 10.2. The monoisotopic (exact) mass is 384 g/mol. The van der Waals surface area contributed by atoms with Crippen molar-refractivity contribution in [1.82, 2.24) is 19.5 Å². The Labute approximate surface area is 147 Å². The summed E-state index contributed by atoms with van der Waals surface area (Å²) < 4.78 is 17.6. The highest BCUT2D eigenvalue weighted by Gasteiger charge is 2.19. The number of nitrogens with zero attached hydrogens (tertiary/aromatic N) is 4. The number of thiophene rings is 1. The minimum absolute atomic E-state index is 0.0947. The van der Waals surface area contributed by atoms with Crippen LogP contribution in [0.25, 0.3) is 22.4 Å². The summed E-state index contributed by atoms with van der Waals surface area (Å²) in [5.41, 5.74) is 2.88. The fourth-order valence-electron chi connectivity index (χ4n) is 2.48. The van der Waals surface area contributed by atoms with Crippen molar-refractivity contribution < 1.29 is 24.2 Å². The van der Waals surface area contributed by atoms with Crippen LogP contribution in [0.5, 0.6) is 0 Å². The van der Waals surface area contributed by atoms with Crippen LogP contribution >= 0.6 is 18.9 Å². The number of ether oxygens (including phenoxy) is 1. The number of rotatable bonds is 8. The lowest BCUT2D eigenvalue weighted by Gasteiger charge is -2.18. The molecular formula is C14H17N4O5PS. The van der Waals surface area contributed by atoms with Crippen LogP contribution in [-0.4, -0.2) is 54.0 Å². The molecule has 0 fully saturated rings. The zero-order chi connectivity index (χ0) is 17.9. The summed E-state index contributed by atoms with van der Waals surface area (Å²) in [7, 11) is -4.20. The Bertz CT molecular complexity index is 879. The minimum Gasteiger partial charge on any atom is -0.394 e. The Balaban J connectivity index is 1.85. The summed E-state index contributed by atoms with van der Waals surface area (Å²) in [4.78, 5) is 30.4. The van der Waals surface area contributed by atoms with Gasteiger partial charge in [-0.1, -0.05) is 0 Å². The number of aliphatic hydroxyl groups excluding tert-OH is 1. The molecule has 134 valence electrons. The first-order valence-electron chi connectivity index (χ1n) is 7.43. The molecule has 3 rings (SSSR count). The number of fused-ring (bicyclic) bond motifs is 1. The Morgan fingerprint density at radius 2 is 2.16 bits per heavy atom. The molecule has 0 aromatic carbocycles. The predicted octanol–water partition coefficient (Wildman–Crippen LogP) is 1.63. The van der Waals surface area contributed by atoms with E-state index in [2.05, 4.69) is 15.0 Å². The van der Waals surface area contributed by atoms with Crippen LogP contribution in [0.4, 0.5) is 0 Å². The van der Waals surface area contributed by atoms with Crippen LogP contribution in [0.1, 0.15) is 12.5 Å². The van der Waals surface area contributed by atoms with Crippen molar-refractivity contribution >= 4 is 30.1 Å². The standard InChI is InChI=1S/C14H17N4O5PS/c19-5-11(1-3-23-9-24(20,21)22)18-8-17-14-13(18)12(15-7-16-14)10-2-4-25-6-10/h2,4,6-8,11,19H,1,3,5,9H2,(H2,20,21,22). The molecule has 3 N–H and O–H groups in total. The highest BCUT2D eigenvalue weighted by molar-refractivity contribution is 7.51. The van der Waals surface area contributed by atoms with Gasteiger partial charge in [-0.15, -0.1) is 0 Å². The fraction of sp³-hybridized carbons (Fsp3) is 0.357. The molecule has 9 nitrogen and oxygen atoms in total. The molecule has 0 aliphatic carbocycles. The van der Waals surface area contributed by atoms with Gasteiger partial charge in [0, 0.05) is 17.6 Å².